The van der Waals surface area contributed by atoms with E-state index in [4.69, 9.17) is 16.0 Å². The third kappa shape index (κ3) is 1.61. The lowest BCUT2D eigenvalue weighted by atomic mass is 10.1. The van der Waals surface area contributed by atoms with Gasteiger partial charge in [-0.1, -0.05) is 23.7 Å². The number of hydrogen-bond acceptors (Lipinski definition) is 4. The summed E-state index contributed by atoms with van der Waals surface area (Å²) < 4.78 is 5.20. The van der Waals surface area contributed by atoms with Crippen LogP contribution in [0, 0.1) is 0 Å². The fourth-order valence-electron chi connectivity index (χ4n) is 2.45. The zero-order valence-electron chi connectivity index (χ0n) is 10.5. The molecule has 2 aromatic carbocycles. The first-order valence-corrected chi connectivity index (χ1v) is 6.55. The van der Waals surface area contributed by atoms with Crippen molar-refractivity contribution >= 4 is 40.2 Å². The Balaban J connectivity index is 1.92. The fraction of sp³-hybridized carbons (Fsp3) is 0. The molecule has 0 bridgehead atoms. The average Bonchev–Trinajstić information content (AvgIpc) is 3.03. The van der Waals surface area contributed by atoms with E-state index in [0.717, 1.165) is 4.90 Å². The molecule has 0 saturated carbocycles. The van der Waals surface area contributed by atoms with Crippen LogP contribution in [-0.2, 0) is 0 Å². The number of nitrogens with zero attached hydrogens (tertiary/aromatic N) is 2. The molecule has 21 heavy (non-hydrogen) atoms. The molecule has 2 heterocycles. The number of halogens is 1. The summed E-state index contributed by atoms with van der Waals surface area (Å²) in [6.45, 7) is 0. The summed E-state index contributed by atoms with van der Waals surface area (Å²) >= 11 is 6.19. The zero-order chi connectivity index (χ0) is 14.6. The molecule has 0 N–H and O–H groups in total. The quantitative estimate of drug-likeness (QED) is 0.647. The second kappa shape index (κ2) is 4.17. The Morgan fingerprint density at radius 1 is 1.05 bits per heavy atom. The van der Waals surface area contributed by atoms with Crippen molar-refractivity contribution in [1.82, 2.24) is 4.98 Å². The number of carbonyl (C=O) groups is 2. The molecule has 5 nitrogen and oxygen atoms in total. The molecular weight excluding hydrogens is 292 g/mol. The zero-order valence-corrected chi connectivity index (χ0v) is 11.3. The fourth-order valence-corrected chi connectivity index (χ4v) is 2.69. The van der Waals surface area contributed by atoms with Crippen molar-refractivity contribution in [2.75, 3.05) is 4.90 Å². The SMILES string of the molecule is O=C1c2ccccc2C(=O)N1c1cc2ocnc2cc1Cl. The van der Waals surface area contributed by atoms with Gasteiger partial charge in [-0.25, -0.2) is 9.88 Å². The largest absolute Gasteiger partial charge is 0.443 e. The molecule has 0 saturated heterocycles. The molecule has 2 amide bonds. The maximum Gasteiger partial charge on any atom is 0.266 e. The van der Waals surface area contributed by atoms with Gasteiger partial charge in [-0.05, 0) is 18.2 Å². The van der Waals surface area contributed by atoms with E-state index >= 15 is 0 Å². The highest BCUT2D eigenvalue weighted by Gasteiger charge is 2.37. The predicted octanol–water partition coefficient (Wildman–Crippen LogP) is 3.28. The summed E-state index contributed by atoms with van der Waals surface area (Å²) in [6, 6.07) is 9.79. The van der Waals surface area contributed by atoms with E-state index in [9.17, 15) is 9.59 Å². The van der Waals surface area contributed by atoms with Gasteiger partial charge >= 0.3 is 0 Å². The van der Waals surface area contributed by atoms with Gasteiger partial charge in [-0.15, -0.1) is 0 Å². The molecular formula is C15H7ClN2O3. The van der Waals surface area contributed by atoms with Crippen molar-refractivity contribution in [3.05, 3.63) is 58.9 Å². The van der Waals surface area contributed by atoms with Crippen LogP contribution in [0.3, 0.4) is 0 Å². The van der Waals surface area contributed by atoms with Crippen LogP contribution in [0.25, 0.3) is 11.1 Å². The lowest BCUT2D eigenvalue weighted by Gasteiger charge is -2.15. The number of aromatic nitrogens is 1. The minimum Gasteiger partial charge on any atom is -0.443 e. The molecule has 0 atom stereocenters. The van der Waals surface area contributed by atoms with Gasteiger partial charge in [0.25, 0.3) is 11.8 Å². The number of imide groups is 1. The normalized spacial score (nSPS) is 14.0. The van der Waals surface area contributed by atoms with Gasteiger partial charge in [0.15, 0.2) is 12.0 Å². The van der Waals surface area contributed by atoms with Gasteiger partial charge in [0.05, 0.1) is 21.8 Å². The second-order valence-electron chi connectivity index (χ2n) is 4.62. The number of rotatable bonds is 1. The van der Waals surface area contributed by atoms with Crippen LogP contribution in [0.15, 0.2) is 47.2 Å². The third-order valence-corrected chi connectivity index (χ3v) is 3.74. The molecule has 0 spiro atoms. The highest BCUT2D eigenvalue weighted by atomic mass is 35.5. The predicted molar refractivity (Wildman–Crippen MR) is 76.6 cm³/mol. The molecule has 1 aliphatic heterocycles. The molecule has 0 radical (unpaired) electrons. The van der Waals surface area contributed by atoms with E-state index in [2.05, 4.69) is 4.98 Å². The number of anilines is 1. The summed E-state index contributed by atoms with van der Waals surface area (Å²) in [5.41, 5.74) is 2.07. The Morgan fingerprint density at radius 3 is 2.38 bits per heavy atom. The number of amides is 2. The van der Waals surface area contributed by atoms with Crippen LogP contribution < -0.4 is 4.90 Å². The number of oxazole rings is 1. The maximum absolute atomic E-state index is 12.4. The van der Waals surface area contributed by atoms with Gasteiger partial charge in [-0.2, -0.15) is 0 Å². The summed E-state index contributed by atoms with van der Waals surface area (Å²) in [6.07, 6.45) is 1.28. The van der Waals surface area contributed by atoms with E-state index in [1.165, 1.54) is 6.39 Å². The molecule has 1 aliphatic rings. The van der Waals surface area contributed by atoms with Crippen molar-refractivity contribution in [1.29, 1.82) is 0 Å². The van der Waals surface area contributed by atoms with E-state index in [1.54, 1.807) is 36.4 Å². The highest BCUT2D eigenvalue weighted by molar-refractivity contribution is 6.40. The summed E-state index contributed by atoms with van der Waals surface area (Å²) in [5, 5.41) is 0.269. The number of carbonyl (C=O) groups excluding carboxylic acids is 2. The van der Waals surface area contributed by atoms with Crippen molar-refractivity contribution in [3.63, 3.8) is 0 Å². The minimum absolute atomic E-state index is 0.269. The van der Waals surface area contributed by atoms with Gasteiger partial charge in [0, 0.05) is 6.07 Å². The van der Waals surface area contributed by atoms with E-state index in [1.807, 2.05) is 0 Å². The second-order valence-corrected chi connectivity index (χ2v) is 5.02. The van der Waals surface area contributed by atoms with Crippen molar-refractivity contribution < 1.29 is 14.0 Å². The molecule has 0 fully saturated rings. The summed E-state index contributed by atoms with van der Waals surface area (Å²) in [5.74, 6) is -0.785. The minimum atomic E-state index is -0.392. The van der Waals surface area contributed by atoms with Crippen LogP contribution >= 0.6 is 11.6 Å². The van der Waals surface area contributed by atoms with Gasteiger partial charge in [0.1, 0.15) is 5.52 Å². The van der Waals surface area contributed by atoms with E-state index < -0.39 is 11.8 Å². The first-order chi connectivity index (χ1) is 10.2. The molecule has 0 aliphatic carbocycles. The van der Waals surface area contributed by atoms with Gasteiger partial charge in [0.2, 0.25) is 0 Å². The van der Waals surface area contributed by atoms with Crippen LogP contribution in [0.1, 0.15) is 20.7 Å². The van der Waals surface area contributed by atoms with Crippen LogP contribution in [-0.4, -0.2) is 16.8 Å². The molecule has 0 unspecified atom stereocenters. The molecule has 3 aromatic rings. The van der Waals surface area contributed by atoms with Gasteiger partial charge in [-0.3, -0.25) is 9.59 Å². The number of benzene rings is 2. The van der Waals surface area contributed by atoms with E-state index in [-0.39, 0.29) is 5.02 Å². The lowest BCUT2D eigenvalue weighted by molar-refractivity contribution is 0.0926. The maximum atomic E-state index is 12.4. The van der Waals surface area contributed by atoms with Crippen LogP contribution in [0.5, 0.6) is 0 Å². The average molecular weight is 299 g/mol. The first kappa shape index (κ1) is 12.1. The van der Waals surface area contributed by atoms with Crippen molar-refractivity contribution in [2.24, 2.45) is 0 Å². The smallest absolute Gasteiger partial charge is 0.266 e. The van der Waals surface area contributed by atoms with Crippen molar-refractivity contribution in [2.45, 2.75) is 0 Å². The monoisotopic (exact) mass is 298 g/mol. The van der Waals surface area contributed by atoms with E-state index in [0.29, 0.717) is 27.9 Å². The Hall–Kier alpha value is -2.66. The third-order valence-electron chi connectivity index (χ3n) is 3.43. The van der Waals surface area contributed by atoms with Crippen LogP contribution in [0.4, 0.5) is 5.69 Å². The molecule has 1 aromatic heterocycles. The molecule has 102 valence electrons. The van der Waals surface area contributed by atoms with Crippen LogP contribution in [0.2, 0.25) is 5.02 Å². The Morgan fingerprint density at radius 2 is 1.71 bits per heavy atom. The van der Waals surface area contributed by atoms with Gasteiger partial charge < -0.3 is 4.42 Å². The Labute approximate surface area is 123 Å². The number of hydrogen-bond donors (Lipinski definition) is 0. The molecule has 4 rings (SSSR count). The molecule has 6 heteroatoms. The highest BCUT2D eigenvalue weighted by Crippen LogP contribution is 2.35. The number of fused-ring (bicyclic) bond motifs is 2. The van der Waals surface area contributed by atoms with Crippen molar-refractivity contribution in [3.8, 4) is 0 Å². The Bertz CT molecular complexity index is 881. The topological polar surface area (TPSA) is 63.4 Å². The first-order valence-electron chi connectivity index (χ1n) is 6.17. The summed E-state index contributed by atoms with van der Waals surface area (Å²) in [4.78, 5) is 29.9. The summed E-state index contributed by atoms with van der Waals surface area (Å²) in [7, 11) is 0. The Kier molecular flexibility index (Phi) is 2.40. The lowest BCUT2D eigenvalue weighted by Crippen LogP contribution is -2.29. The standard InChI is InChI=1S/C15H7ClN2O3/c16-10-5-11-13(21-7-17-11)6-12(10)18-14(19)8-3-1-2-4-9(8)15(18)20/h1-7H.